The number of hydroxylamine groups is 1. The van der Waals surface area contributed by atoms with E-state index in [1.807, 2.05) is 17.5 Å². The monoisotopic (exact) mass is 294 g/mol. The number of carbonyl (C=O) groups excluding carboxylic acids is 1. The molecule has 0 aromatic carbocycles. The number of rotatable bonds is 4. The Hall–Kier alpha value is -1.24. The fraction of sp³-hybridized carbons (Fsp3) is 0.385. The standard InChI is InChI=1S/C13H14N2O2S2/c16-12(15-17-9-4-1-2-5-9)10-8-19-13(14-10)11-6-3-7-18-11/h3,6-9H,1-2,4-5H2,(H,15,16). The van der Waals surface area contributed by atoms with Crippen LogP contribution in [0.5, 0.6) is 0 Å². The van der Waals surface area contributed by atoms with Crippen LogP contribution in [-0.4, -0.2) is 17.0 Å². The van der Waals surface area contributed by atoms with Gasteiger partial charge in [-0.05, 0) is 24.3 Å². The van der Waals surface area contributed by atoms with Crippen LogP contribution in [0.3, 0.4) is 0 Å². The second kappa shape index (κ2) is 5.81. The van der Waals surface area contributed by atoms with Gasteiger partial charge in [-0.3, -0.25) is 9.63 Å². The summed E-state index contributed by atoms with van der Waals surface area (Å²) >= 11 is 3.10. The zero-order valence-electron chi connectivity index (χ0n) is 10.3. The van der Waals surface area contributed by atoms with E-state index < -0.39 is 0 Å². The van der Waals surface area contributed by atoms with Crippen molar-refractivity contribution in [2.24, 2.45) is 0 Å². The first-order chi connectivity index (χ1) is 9.33. The molecule has 2 aromatic heterocycles. The highest BCUT2D eigenvalue weighted by Gasteiger charge is 2.18. The number of nitrogens with one attached hydrogen (secondary N) is 1. The Balaban J connectivity index is 1.60. The summed E-state index contributed by atoms with van der Waals surface area (Å²) in [7, 11) is 0. The first-order valence-corrected chi connectivity index (χ1v) is 8.04. The van der Waals surface area contributed by atoms with Gasteiger partial charge in [0.2, 0.25) is 0 Å². The molecule has 100 valence electrons. The molecule has 4 nitrogen and oxygen atoms in total. The minimum Gasteiger partial charge on any atom is -0.270 e. The quantitative estimate of drug-likeness (QED) is 0.878. The number of thiazole rings is 1. The largest absolute Gasteiger partial charge is 0.294 e. The number of nitrogens with zero attached hydrogens (tertiary/aromatic N) is 1. The molecule has 0 unspecified atom stereocenters. The van der Waals surface area contributed by atoms with Gasteiger partial charge in [0.1, 0.15) is 10.7 Å². The number of carbonyl (C=O) groups is 1. The highest BCUT2D eigenvalue weighted by molar-refractivity contribution is 7.20. The maximum atomic E-state index is 11.9. The van der Waals surface area contributed by atoms with Crippen LogP contribution in [0.15, 0.2) is 22.9 Å². The molecule has 1 aliphatic rings. The van der Waals surface area contributed by atoms with Crippen molar-refractivity contribution in [3.05, 3.63) is 28.6 Å². The summed E-state index contributed by atoms with van der Waals surface area (Å²) in [6.07, 6.45) is 4.58. The van der Waals surface area contributed by atoms with Gasteiger partial charge in [-0.1, -0.05) is 18.9 Å². The van der Waals surface area contributed by atoms with E-state index in [9.17, 15) is 4.79 Å². The van der Waals surface area contributed by atoms with E-state index in [0.717, 1.165) is 22.7 Å². The smallest absolute Gasteiger partial charge is 0.270 e. The molecular formula is C13H14N2O2S2. The van der Waals surface area contributed by atoms with E-state index in [-0.39, 0.29) is 12.0 Å². The Kier molecular flexibility index (Phi) is 3.91. The van der Waals surface area contributed by atoms with Crippen molar-refractivity contribution in [2.75, 3.05) is 0 Å². The average molecular weight is 294 g/mol. The molecule has 6 heteroatoms. The number of hydrogen-bond donors (Lipinski definition) is 1. The zero-order chi connectivity index (χ0) is 13.1. The summed E-state index contributed by atoms with van der Waals surface area (Å²) in [5.74, 6) is -0.258. The Morgan fingerprint density at radius 2 is 2.21 bits per heavy atom. The van der Waals surface area contributed by atoms with Gasteiger partial charge < -0.3 is 0 Å². The van der Waals surface area contributed by atoms with Crippen LogP contribution >= 0.6 is 22.7 Å². The van der Waals surface area contributed by atoms with Crippen LogP contribution in [0, 0.1) is 0 Å². The fourth-order valence-corrected chi connectivity index (χ4v) is 3.70. The predicted octanol–water partition coefficient (Wildman–Crippen LogP) is 3.48. The Bertz CT molecular complexity index is 545. The summed E-state index contributed by atoms with van der Waals surface area (Å²) in [4.78, 5) is 22.7. The predicted molar refractivity (Wildman–Crippen MR) is 76.2 cm³/mol. The second-order valence-corrected chi connectivity index (χ2v) is 6.28. The molecule has 1 N–H and O–H groups in total. The molecule has 0 bridgehead atoms. The summed E-state index contributed by atoms with van der Waals surface area (Å²) in [5, 5.41) is 4.64. The van der Waals surface area contributed by atoms with Crippen molar-refractivity contribution in [3.8, 4) is 9.88 Å². The van der Waals surface area contributed by atoms with Crippen LogP contribution < -0.4 is 5.48 Å². The number of amides is 1. The lowest BCUT2D eigenvalue weighted by molar-refractivity contribution is -0.0127. The lowest BCUT2D eigenvalue weighted by Gasteiger charge is -2.09. The Morgan fingerprint density at radius 3 is 2.95 bits per heavy atom. The molecular weight excluding hydrogens is 280 g/mol. The molecule has 1 fully saturated rings. The first kappa shape index (κ1) is 12.8. The molecule has 0 saturated heterocycles. The van der Waals surface area contributed by atoms with E-state index in [4.69, 9.17) is 4.84 Å². The summed E-state index contributed by atoms with van der Waals surface area (Å²) in [6, 6.07) is 3.98. The van der Waals surface area contributed by atoms with E-state index >= 15 is 0 Å². The third-order valence-electron chi connectivity index (χ3n) is 3.09. The average Bonchev–Trinajstić information content (AvgIpc) is 3.14. The molecule has 3 rings (SSSR count). The van der Waals surface area contributed by atoms with Gasteiger partial charge in [0.15, 0.2) is 0 Å². The van der Waals surface area contributed by atoms with Crippen LogP contribution in [0.1, 0.15) is 36.2 Å². The van der Waals surface area contributed by atoms with Gasteiger partial charge in [0.25, 0.3) is 5.91 Å². The minimum absolute atomic E-state index is 0.166. The summed E-state index contributed by atoms with van der Waals surface area (Å²) < 4.78 is 0. The van der Waals surface area contributed by atoms with Gasteiger partial charge in [0, 0.05) is 5.38 Å². The van der Waals surface area contributed by atoms with Crippen LogP contribution in [0.25, 0.3) is 9.88 Å². The molecule has 19 heavy (non-hydrogen) atoms. The molecule has 1 amide bonds. The molecule has 0 spiro atoms. The van der Waals surface area contributed by atoms with Crippen molar-refractivity contribution in [3.63, 3.8) is 0 Å². The second-order valence-electron chi connectivity index (χ2n) is 4.47. The van der Waals surface area contributed by atoms with E-state index in [2.05, 4.69) is 10.5 Å². The fourth-order valence-electron chi connectivity index (χ4n) is 2.09. The third kappa shape index (κ3) is 3.02. The highest BCUT2D eigenvalue weighted by atomic mass is 32.1. The molecule has 1 aliphatic carbocycles. The van der Waals surface area contributed by atoms with Gasteiger partial charge in [-0.25, -0.2) is 10.5 Å². The van der Waals surface area contributed by atoms with Gasteiger partial charge >= 0.3 is 0 Å². The molecule has 1 saturated carbocycles. The maximum absolute atomic E-state index is 11.9. The topological polar surface area (TPSA) is 51.2 Å². The van der Waals surface area contributed by atoms with E-state index in [0.29, 0.717) is 5.69 Å². The number of thiophene rings is 1. The third-order valence-corrected chi connectivity index (χ3v) is 4.97. The number of hydrogen-bond acceptors (Lipinski definition) is 5. The zero-order valence-corrected chi connectivity index (χ0v) is 11.9. The molecule has 0 atom stereocenters. The lowest BCUT2D eigenvalue weighted by atomic mass is 10.3. The maximum Gasteiger partial charge on any atom is 0.294 e. The minimum atomic E-state index is -0.258. The Labute approximate surface area is 119 Å². The van der Waals surface area contributed by atoms with Crippen molar-refractivity contribution >= 4 is 28.6 Å². The van der Waals surface area contributed by atoms with Crippen molar-refractivity contribution in [1.82, 2.24) is 10.5 Å². The SMILES string of the molecule is O=C(NOC1CCCC1)c1csc(-c2cccs2)n1. The van der Waals surface area contributed by atoms with Crippen LogP contribution in [-0.2, 0) is 4.84 Å². The first-order valence-electron chi connectivity index (χ1n) is 6.28. The van der Waals surface area contributed by atoms with Crippen LogP contribution in [0.2, 0.25) is 0 Å². The van der Waals surface area contributed by atoms with Crippen molar-refractivity contribution in [1.29, 1.82) is 0 Å². The van der Waals surface area contributed by atoms with E-state index in [1.54, 1.807) is 16.7 Å². The Morgan fingerprint density at radius 1 is 1.37 bits per heavy atom. The molecule has 2 heterocycles. The summed E-state index contributed by atoms with van der Waals surface area (Å²) in [6.45, 7) is 0. The van der Waals surface area contributed by atoms with Crippen LogP contribution in [0.4, 0.5) is 0 Å². The highest BCUT2D eigenvalue weighted by Crippen LogP contribution is 2.27. The van der Waals surface area contributed by atoms with Gasteiger partial charge in [-0.2, -0.15) is 0 Å². The lowest BCUT2D eigenvalue weighted by Crippen LogP contribution is -2.28. The van der Waals surface area contributed by atoms with E-state index in [1.165, 1.54) is 24.2 Å². The molecule has 2 aromatic rings. The van der Waals surface area contributed by atoms with Gasteiger partial charge in [-0.15, -0.1) is 22.7 Å². The number of aromatic nitrogens is 1. The van der Waals surface area contributed by atoms with Crippen molar-refractivity contribution in [2.45, 2.75) is 31.8 Å². The normalized spacial score (nSPS) is 15.8. The summed E-state index contributed by atoms with van der Waals surface area (Å²) in [5.41, 5.74) is 2.93. The van der Waals surface area contributed by atoms with Gasteiger partial charge in [0.05, 0.1) is 11.0 Å². The van der Waals surface area contributed by atoms with Crippen molar-refractivity contribution < 1.29 is 9.63 Å². The molecule has 0 aliphatic heterocycles. The molecule has 0 radical (unpaired) electrons.